The quantitative estimate of drug-likeness (QED) is 0.671. The number of nitrogens with zero attached hydrogens (tertiary/aromatic N) is 1. The van der Waals surface area contributed by atoms with Gasteiger partial charge in [0.15, 0.2) is 0 Å². The number of rotatable bonds is 4. The summed E-state index contributed by atoms with van der Waals surface area (Å²) in [7, 11) is 0. The summed E-state index contributed by atoms with van der Waals surface area (Å²) in [6.45, 7) is 1.95. The molecule has 2 aromatic rings. The van der Waals surface area contributed by atoms with Crippen molar-refractivity contribution in [2.75, 3.05) is 16.8 Å². The van der Waals surface area contributed by atoms with E-state index < -0.39 is 0 Å². The zero-order valence-electron chi connectivity index (χ0n) is 10.9. The third-order valence-electron chi connectivity index (χ3n) is 2.55. The van der Waals surface area contributed by atoms with E-state index in [1.54, 1.807) is 24.4 Å². The molecule has 0 aliphatic carbocycles. The van der Waals surface area contributed by atoms with E-state index in [9.17, 15) is 4.79 Å². The smallest absolute Gasteiger partial charge is 0.234 e. The molecule has 0 radical (unpaired) electrons. The zero-order valence-corrected chi connectivity index (χ0v) is 12.5. The normalized spacial score (nSPS) is 10.3. The second-order valence-electron chi connectivity index (χ2n) is 4.22. The number of carbonyl (C=O) groups excluding carboxylic acids is 1. The molecule has 20 heavy (non-hydrogen) atoms. The predicted octanol–water partition coefficient (Wildman–Crippen LogP) is 3.36. The Kier molecular flexibility index (Phi) is 4.87. The second kappa shape index (κ2) is 6.63. The molecule has 104 valence electrons. The number of hydrogen-bond acceptors (Lipinski definition) is 4. The molecule has 1 aromatic heterocycles. The van der Waals surface area contributed by atoms with Crippen LogP contribution in [0.4, 0.5) is 11.4 Å². The fraction of sp³-hybridized carbons (Fsp3) is 0.143. The summed E-state index contributed by atoms with van der Waals surface area (Å²) in [5.41, 5.74) is 8.07. The van der Waals surface area contributed by atoms with Gasteiger partial charge in [-0.2, -0.15) is 0 Å². The number of nitrogen functional groups attached to an aromatic ring is 1. The van der Waals surface area contributed by atoms with E-state index in [-0.39, 0.29) is 11.7 Å². The maximum atomic E-state index is 11.9. The number of halogens is 1. The lowest BCUT2D eigenvalue weighted by molar-refractivity contribution is -0.113. The monoisotopic (exact) mass is 307 g/mol. The highest BCUT2D eigenvalue weighted by Crippen LogP contribution is 2.25. The molecular weight excluding hydrogens is 294 g/mol. The summed E-state index contributed by atoms with van der Waals surface area (Å²) < 4.78 is 0. The Hall–Kier alpha value is -1.72. The molecule has 0 saturated carbocycles. The molecule has 4 nitrogen and oxygen atoms in total. The standard InChI is InChI=1S/C14H14ClN3OS/c1-9-4-5-12(11(16)7-9)18-13(19)8-20-14-10(15)3-2-6-17-14/h2-7H,8,16H2,1H3,(H,18,19). The van der Waals surface area contributed by atoms with Gasteiger partial charge in [0, 0.05) is 6.20 Å². The van der Waals surface area contributed by atoms with Gasteiger partial charge >= 0.3 is 0 Å². The molecule has 1 heterocycles. The van der Waals surface area contributed by atoms with E-state index in [4.69, 9.17) is 17.3 Å². The van der Waals surface area contributed by atoms with Crippen molar-refractivity contribution in [2.45, 2.75) is 11.9 Å². The minimum absolute atomic E-state index is 0.146. The van der Waals surface area contributed by atoms with Gasteiger partial charge in [0.1, 0.15) is 5.03 Å². The Labute approximate surface area is 126 Å². The summed E-state index contributed by atoms with van der Waals surface area (Å²) in [5.74, 6) is 0.0802. The van der Waals surface area contributed by atoms with Crippen LogP contribution in [0.1, 0.15) is 5.56 Å². The van der Waals surface area contributed by atoms with Crippen LogP contribution in [0.2, 0.25) is 5.02 Å². The van der Waals surface area contributed by atoms with Crippen molar-refractivity contribution < 1.29 is 4.79 Å². The van der Waals surface area contributed by atoms with Crippen molar-refractivity contribution in [2.24, 2.45) is 0 Å². The van der Waals surface area contributed by atoms with E-state index in [0.717, 1.165) is 5.56 Å². The van der Waals surface area contributed by atoms with Crippen molar-refractivity contribution in [1.82, 2.24) is 4.98 Å². The third-order valence-corrected chi connectivity index (χ3v) is 3.97. The molecule has 0 fully saturated rings. The van der Waals surface area contributed by atoms with Crippen molar-refractivity contribution in [3.05, 3.63) is 47.1 Å². The predicted molar refractivity (Wildman–Crippen MR) is 84.2 cm³/mol. The highest BCUT2D eigenvalue weighted by atomic mass is 35.5. The number of nitrogens with two attached hydrogens (primary N) is 1. The first-order valence-corrected chi connectivity index (χ1v) is 7.32. The number of anilines is 2. The molecule has 0 aliphatic rings. The largest absolute Gasteiger partial charge is 0.397 e. The van der Waals surface area contributed by atoms with E-state index in [1.807, 2.05) is 19.1 Å². The van der Waals surface area contributed by atoms with E-state index in [1.165, 1.54) is 11.8 Å². The second-order valence-corrected chi connectivity index (χ2v) is 5.59. The van der Waals surface area contributed by atoms with Crippen LogP contribution in [0.5, 0.6) is 0 Å². The minimum Gasteiger partial charge on any atom is -0.397 e. The zero-order chi connectivity index (χ0) is 14.5. The number of pyridine rings is 1. The Balaban J connectivity index is 1.94. The van der Waals surface area contributed by atoms with Gasteiger partial charge in [0.25, 0.3) is 0 Å². The number of hydrogen-bond donors (Lipinski definition) is 2. The molecule has 0 unspecified atom stereocenters. The number of benzene rings is 1. The Morgan fingerprint density at radius 1 is 1.45 bits per heavy atom. The van der Waals surface area contributed by atoms with Crippen molar-refractivity contribution in [3.8, 4) is 0 Å². The molecule has 0 aliphatic heterocycles. The van der Waals surface area contributed by atoms with Crippen LogP contribution in [0.25, 0.3) is 0 Å². The van der Waals surface area contributed by atoms with Crippen LogP contribution in [-0.2, 0) is 4.79 Å². The molecule has 0 bridgehead atoms. The molecule has 0 atom stereocenters. The van der Waals surface area contributed by atoms with Gasteiger partial charge in [-0.05, 0) is 36.8 Å². The summed E-state index contributed by atoms with van der Waals surface area (Å²) in [4.78, 5) is 16.0. The lowest BCUT2D eigenvalue weighted by atomic mass is 10.2. The van der Waals surface area contributed by atoms with Crippen LogP contribution in [0.3, 0.4) is 0 Å². The van der Waals surface area contributed by atoms with E-state index in [0.29, 0.717) is 21.4 Å². The molecule has 6 heteroatoms. The van der Waals surface area contributed by atoms with Crippen molar-refractivity contribution in [3.63, 3.8) is 0 Å². The van der Waals surface area contributed by atoms with Crippen molar-refractivity contribution in [1.29, 1.82) is 0 Å². The SMILES string of the molecule is Cc1ccc(NC(=O)CSc2ncccc2Cl)c(N)c1. The topological polar surface area (TPSA) is 68.0 Å². The highest BCUT2D eigenvalue weighted by Gasteiger charge is 2.08. The molecule has 0 saturated heterocycles. The van der Waals surface area contributed by atoms with Gasteiger partial charge in [0.05, 0.1) is 22.2 Å². The molecule has 2 rings (SSSR count). The summed E-state index contributed by atoms with van der Waals surface area (Å²) in [6, 6.07) is 9.00. The average molecular weight is 308 g/mol. The van der Waals surface area contributed by atoms with Crippen LogP contribution in [0, 0.1) is 6.92 Å². The molecule has 0 spiro atoms. The molecule has 1 aromatic carbocycles. The number of amides is 1. The Morgan fingerprint density at radius 3 is 2.95 bits per heavy atom. The lowest BCUT2D eigenvalue weighted by Crippen LogP contribution is -2.15. The van der Waals surface area contributed by atoms with Gasteiger partial charge in [-0.15, -0.1) is 0 Å². The van der Waals surface area contributed by atoms with Crippen LogP contribution >= 0.6 is 23.4 Å². The van der Waals surface area contributed by atoms with Gasteiger partial charge in [-0.25, -0.2) is 4.98 Å². The van der Waals surface area contributed by atoms with E-state index >= 15 is 0 Å². The summed E-state index contributed by atoms with van der Waals surface area (Å²) in [5, 5.41) is 3.95. The highest BCUT2D eigenvalue weighted by molar-refractivity contribution is 8.00. The first-order chi connectivity index (χ1) is 9.56. The fourth-order valence-corrected chi connectivity index (χ4v) is 2.56. The fourth-order valence-electron chi connectivity index (χ4n) is 1.59. The maximum Gasteiger partial charge on any atom is 0.234 e. The van der Waals surface area contributed by atoms with Gasteiger partial charge in [0.2, 0.25) is 5.91 Å². The third kappa shape index (κ3) is 3.88. The summed E-state index contributed by atoms with van der Waals surface area (Å²) >= 11 is 7.26. The maximum absolute atomic E-state index is 11.9. The van der Waals surface area contributed by atoms with Crippen molar-refractivity contribution >= 4 is 40.6 Å². The van der Waals surface area contributed by atoms with Gasteiger partial charge in [-0.1, -0.05) is 29.4 Å². The van der Waals surface area contributed by atoms with Gasteiger partial charge < -0.3 is 11.1 Å². The first kappa shape index (κ1) is 14.7. The van der Waals surface area contributed by atoms with Crippen LogP contribution in [0.15, 0.2) is 41.6 Å². The Morgan fingerprint density at radius 2 is 2.25 bits per heavy atom. The number of aryl methyl sites for hydroxylation is 1. The van der Waals surface area contributed by atoms with Crippen LogP contribution < -0.4 is 11.1 Å². The molecule has 1 amide bonds. The first-order valence-electron chi connectivity index (χ1n) is 5.95. The van der Waals surface area contributed by atoms with E-state index in [2.05, 4.69) is 10.3 Å². The Bertz CT molecular complexity index is 634. The average Bonchev–Trinajstić information content (AvgIpc) is 2.41. The van der Waals surface area contributed by atoms with Crippen LogP contribution in [-0.4, -0.2) is 16.6 Å². The number of nitrogens with one attached hydrogen (secondary N) is 1. The minimum atomic E-state index is -0.146. The molecular formula is C14H14ClN3OS. The van der Waals surface area contributed by atoms with Gasteiger partial charge in [-0.3, -0.25) is 4.79 Å². The number of thioether (sulfide) groups is 1. The number of carbonyl (C=O) groups is 1. The number of aromatic nitrogens is 1. The molecule has 3 N–H and O–H groups in total. The lowest BCUT2D eigenvalue weighted by Gasteiger charge is -2.08. The summed E-state index contributed by atoms with van der Waals surface area (Å²) in [6.07, 6.45) is 1.64.